The number of epoxide rings is 1. The lowest BCUT2D eigenvalue weighted by Crippen LogP contribution is -2.66. The number of aliphatic hydroxyl groups excluding tert-OH is 1. The van der Waals surface area contributed by atoms with Crippen LogP contribution in [0.15, 0.2) is 11.6 Å². The van der Waals surface area contributed by atoms with Crippen molar-refractivity contribution < 1.29 is 33.6 Å². The van der Waals surface area contributed by atoms with Gasteiger partial charge in [-0.25, -0.2) is 0 Å². The van der Waals surface area contributed by atoms with E-state index in [2.05, 4.69) is 6.08 Å². The topological polar surface area (TPSA) is 94.6 Å². The number of carbonyl (C=O) groups excluding carboxylic acids is 2. The first kappa shape index (κ1) is 17.9. The highest BCUT2D eigenvalue weighted by molar-refractivity contribution is 5.67. The Morgan fingerprint density at radius 1 is 1.35 bits per heavy atom. The van der Waals surface area contributed by atoms with Crippen LogP contribution in [0.25, 0.3) is 0 Å². The summed E-state index contributed by atoms with van der Waals surface area (Å²) >= 11 is 0. The van der Waals surface area contributed by atoms with Crippen LogP contribution < -0.4 is 0 Å². The van der Waals surface area contributed by atoms with E-state index in [1.54, 1.807) is 0 Å². The lowest BCUT2D eigenvalue weighted by atomic mass is 9.51. The summed E-state index contributed by atoms with van der Waals surface area (Å²) in [7, 11) is 0. The summed E-state index contributed by atoms with van der Waals surface area (Å²) in [6.07, 6.45) is 0.934. The Morgan fingerprint density at radius 2 is 2.04 bits per heavy atom. The quantitative estimate of drug-likeness (QED) is 0.454. The van der Waals surface area contributed by atoms with Gasteiger partial charge in [-0.3, -0.25) is 9.59 Å². The summed E-state index contributed by atoms with van der Waals surface area (Å²) in [6, 6.07) is 0. The number of fused-ring (bicyclic) bond motifs is 2. The molecular weight excluding hydrogens is 340 g/mol. The number of aliphatic hydroxyl groups is 1. The summed E-state index contributed by atoms with van der Waals surface area (Å²) in [5, 5.41) is 11.3. The smallest absolute Gasteiger partial charge is 0.303 e. The Morgan fingerprint density at radius 3 is 2.62 bits per heavy atom. The van der Waals surface area contributed by atoms with E-state index in [9.17, 15) is 14.7 Å². The Labute approximate surface area is 152 Å². The maximum Gasteiger partial charge on any atom is 0.303 e. The molecule has 7 atom stereocenters. The highest BCUT2D eigenvalue weighted by Gasteiger charge is 2.85. The normalized spacial score (nSPS) is 48.6. The molecule has 0 aromatic heterocycles. The van der Waals surface area contributed by atoms with E-state index in [0.717, 1.165) is 6.42 Å². The molecule has 0 radical (unpaired) electrons. The highest BCUT2D eigenvalue weighted by Crippen LogP contribution is 2.71. The molecule has 1 N–H and O–H groups in total. The maximum atomic E-state index is 11.6. The van der Waals surface area contributed by atoms with Gasteiger partial charge < -0.3 is 24.1 Å². The molecule has 1 saturated carbocycles. The highest BCUT2D eigenvalue weighted by atomic mass is 16.7. The van der Waals surface area contributed by atoms with Crippen LogP contribution in [0, 0.1) is 10.8 Å². The van der Waals surface area contributed by atoms with Crippen molar-refractivity contribution in [3.63, 3.8) is 0 Å². The first-order valence-electron chi connectivity index (χ1n) is 9.13. The number of allylic oxidation sites excluding steroid dienone is 1. The summed E-state index contributed by atoms with van der Waals surface area (Å²) < 4.78 is 23.2. The van der Waals surface area contributed by atoms with E-state index in [0.29, 0.717) is 13.0 Å². The van der Waals surface area contributed by atoms with Gasteiger partial charge in [-0.2, -0.15) is 0 Å². The predicted molar refractivity (Wildman–Crippen MR) is 89.1 cm³/mol. The molecule has 2 bridgehead atoms. The molecule has 26 heavy (non-hydrogen) atoms. The second-order valence-electron chi connectivity index (χ2n) is 8.33. The molecule has 1 spiro atoms. The summed E-state index contributed by atoms with van der Waals surface area (Å²) in [5.74, 6) is -0.835. The van der Waals surface area contributed by atoms with Gasteiger partial charge in [0.1, 0.15) is 24.4 Å². The van der Waals surface area contributed by atoms with E-state index in [1.807, 2.05) is 13.8 Å². The second-order valence-corrected chi connectivity index (χ2v) is 8.33. The van der Waals surface area contributed by atoms with Crippen molar-refractivity contribution in [1.29, 1.82) is 0 Å². The lowest BCUT2D eigenvalue weighted by molar-refractivity contribution is -0.231. The molecule has 2 heterocycles. The van der Waals surface area contributed by atoms with Crippen LogP contribution >= 0.6 is 0 Å². The van der Waals surface area contributed by atoms with Crippen LogP contribution in [0.1, 0.15) is 40.5 Å². The van der Waals surface area contributed by atoms with E-state index < -0.39 is 40.7 Å². The van der Waals surface area contributed by atoms with Crippen molar-refractivity contribution in [2.24, 2.45) is 10.8 Å². The van der Waals surface area contributed by atoms with Crippen LogP contribution in [0.3, 0.4) is 0 Å². The molecule has 2 aliphatic heterocycles. The van der Waals surface area contributed by atoms with Crippen LogP contribution in [0.2, 0.25) is 0 Å². The SMILES string of the molecule is CC(=O)OC[C@]12CCC(C)=C[C@H]1O[C@@H]1[C@H](OC(C)=O)[C@@H](O)[C@@]2(C)C12CO2. The van der Waals surface area contributed by atoms with Crippen LogP contribution in [-0.4, -0.2) is 60.3 Å². The maximum absolute atomic E-state index is 11.6. The Kier molecular flexibility index (Phi) is 3.82. The van der Waals surface area contributed by atoms with E-state index in [1.165, 1.54) is 19.4 Å². The number of carbonyl (C=O) groups is 2. The molecule has 0 aromatic rings. The van der Waals surface area contributed by atoms with Crippen molar-refractivity contribution >= 4 is 11.9 Å². The third kappa shape index (κ3) is 2.05. The monoisotopic (exact) mass is 366 g/mol. The van der Waals surface area contributed by atoms with Gasteiger partial charge >= 0.3 is 11.9 Å². The van der Waals surface area contributed by atoms with Crippen LogP contribution in [-0.2, 0) is 28.5 Å². The molecule has 0 aromatic carbocycles. The van der Waals surface area contributed by atoms with Crippen LogP contribution in [0.5, 0.6) is 0 Å². The number of esters is 2. The molecule has 2 saturated heterocycles. The first-order valence-corrected chi connectivity index (χ1v) is 9.13. The van der Waals surface area contributed by atoms with Crippen molar-refractivity contribution in [1.82, 2.24) is 0 Å². The minimum Gasteiger partial charge on any atom is -0.465 e. The molecule has 1 unspecified atom stereocenters. The molecule has 4 aliphatic rings. The standard InChI is InChI=1S/C19H26O7/c1-10-5-6-18(8-23-11(2)20)13(7-10)26-16-14(25-12(3)21)15(22)17(18,4)19(16)9-24-19/h7,13-16,22H,5-6,8-9H2,1-4H3/t13-,14-,15-,16-,17-,18-,19?/m1/s1. The number of hydrogen-bond donors (Lipinski definition) is 1. The summed E-state index contributed by atoms with van der Waals surface area (Å²) in [4.78, 5) is 23.2. The second kappa shape index (κ2) is 5.53. The van der Waals surface area contributed by atoms with Gasteiger partial charge in [-0.1, -0.05) is 18.6 Å². The minimum atomic E-state index is -0.966. The molecule has 4 rings (SSSR count). The van der Waals surface area contributed by atoms with E-state index in [-0.39, 0.29) is 18.7 Å². The zero-order valence-electron chi connectivity index (χ0n) is 15.6. The fraction of sp³-hybridized carbons (Fsp3) is 0.789. The Balaban J connectivity index is 1.83. The van der Waals surface area contributed by atoms with Crippen molar-refractivity contribution in [2.75, 3.05) is 13.2 Å². The number of ether oxygens (including phenoxy) is 4. The van der Waals surface area contributed by atoms with Crippen molar-refractivity contribution in [2.45, 2.75) is 70.6 Å². The van der Waals surface area contributed by atoms with Gasteiger partial charge in [0.2, 0.25) is 0 Å². The van der Waals surface area contributed by atoms with Gasteiger partial charge in [-0.05, 0) is 19.8 Å². The van der Waals surface area contributed by atoms with E-state index >= 15 is 0 Å². The van der Waals surface area contributed by atoms with Gasteiger partial charge in [0.05, 0.1) is 12.7 Å². The van der Waals surface area contributed by atoms with Gasteiger partial charge in [-0.15, -0.1) is 0 Å². The van der Waals surface area contributed by atoms with Crippen molar-refractivity contribution in [3.8, 4) is 0 Å². The molecule has 0 amide bonds. The zero-order valence-corrected chi connectivity index (χ0v) is 15.6. The Hall–Kier alpha value is -1.44. The van der Waals surface area contributed by atoms with Gasteiger partial charge in [0.15, 0.2) is 6.10 Å². The average Bonchev–Trinajstić information content (AvgIpc) is 3.34. The zero-order chi connectivity index (χ0) is 18.9. The molecule has 2 aliphatic carbocycles. The Bertz CT molecular complexity index is 681. The molecule has 7 heteroatoms. The molecule has 7 nitrogen and oxygen atoms in total. The van der Waals surface area contributed by atoms with Gasteiger partial charge in [0.25, 0.3) is 0 Å². The fourth-order valence-corrected chi connectivity index (χ4v) is 5.55. The predicted octanol–water partition coefficient (Wildman–Crippen LogP) is 1.12. The molecule has 3 fully saturated rings. The first-order chi connectivity index (χ1) is 12.2. The molecular formula is C19H26O7. The van der Waals surface area contributed by atoms with Crippen molar-refractivity contribution in [3.05, 3.63) is 11.6 Å². The molecule has 144 valence electrons. The largest absolute Gasteiger partial charge is 0.465 e. The van der Waals surface area contributed by atoms with E-state index in [4.69, 9.17) is 18.9 Å². The average molecular weight is 366 g/mol. The fourth-order valence-electron chi connectivity index (χ4n) is 5.55. The number of hydrogen-bond acceptors (Lipinski definition) is 7. The van der Waals surface area contributed by atoms with Crippen LogP contribution in [0.4, 0.5) is 0 Å². The van der Waals surface area contributed by atoms with Gasteiger partial charge in [0, 0.05) is 24.7 Å². The lowest BCUT2D eigenvalue weighted by Gasteiger charge is -2.57. The minimum absolute atomic E-state index is 0.134. The number of rotatable bonds is 3. The third-order valence-electron chi connectivity index (χ3n) is 7.10. The summed E-state index contributed by atoms with van der Waals surface area (Å²) in [5.41, 5.74) is -0.926. The third-order valence-corrected chi connectivity index (χ3v) is 7.10. The summed E-state index contributed by atoms with van der Waals surface area (Å²) in [6.45, 7) is 7.27.